The lowest BCUT2D eigenvalue weighted by Gasteiger charge is -2.14. The van der Waals surface area contributed by atoms with E-state index in [1.165, 1.54) is 13.2 Å². The second-order valence-corrected chi connectivity index (χ2v) is 7.06. The molecule has 0 aliphatic heterocycles. The second kappa shape index (κ2) is 8.35. The zero-order valence-electron chi connectivity index (χ0n) is 15.3. The van der Waals surface area contributed by atoms with Crippen LogP contribution in [-0.2, 0) is 4.74 Å². The number of halogens is 2. The van der Waals surface area contributed by atoms with Gasteiger partial charge in [0.15, 0.2) is 0 Å². The van der Waals surface area contributed by atoms with Crippen molar-refractivity contribution in [1.29, 1.82) is 0 Å². The van der Waals surface area contributed by atoms with Crippen LogP contribution < -0.4 is 5.32 Å². The molecule has 0 unspecified atom stereocenters. The van der Waals surface area contributed by atoms with E-state index in [1.807, 2.05) is 19.1 Å². The quantitative estimate of drug-likeness (QED) is 0.535. The van der Waals surface area contributed by atoms with Gasteiger partial charge in [-0.25, -0.2) is 9.18 Å². The van der Waals surface area contributed by atoms with Crippen molar-refractivity contribution in [1.82, 2.24) is 0 Å². The number of ether oxygens (including phenoxy) is 1. The molecule has 28 heavy (non-hydrogen) atoms. The predicted molar refractivity (Wildman–Crippen MR) is 110 cm³/mol. The highest BCUT2D eigenvalue weighted by Crippen LogP contribution is 2.30. The third-order valence-corrected chi connectivity index (χ3v) is 4.78. The molecule has 3 aromatic rings. The number of benzene rings is 3. The van der Waals surface area contributed by atoms with Crippen molar-refractivity contribution in [3.63, 3.8) is 0 Å². The summed E-state index contributed by atoms with van der Waals surface area (Å²) in [5.41, 5.74) is 2.23. The molecule has 3 aromatic carbocycles. The number of aryl methyl sites for hydroxylation is 1. The molecule has 1 amide bonds. The van der Waals surface area contributed by atoms with Crippen LogP contribution in [0.1, 0.15) is 26.3 Å². The van der Waals surface area contributed by atoms with Gasteiger partial charge in [0.2, 0.25) is 0 Å². The van der Waals surface area contributed by atoms with Gasteiger partial charge in [-0.2, -0.15) is 0 Å². The Kier molecular flexibility index (Phi) is 5.90. The molecule has 3 rings (SSSR count). The monoisotopic (exact) mass is 441 g/mol. The van der Waals surface area contributed by atoms with Crippen LogP contribution in [-0.4, -0.2) is 19.0 Å². The SMILES string of the molecule is COC(=O)c1cc(F)c(-c2ccccc2)cc1NC(=O)c1cc(Br)ccc1C. The summed E-state index contributed by atoms with van der Waals surface area (Å²) in [6.45, 7) is 1.81. The lowest BCUT2D eigenvalue weighted by molar-refractivity contribution is 0.0601. The van der Waals surface area contributed by atoms with Crippen molar-refractivity contribution in [2.75, 3.05) is 12.4 Å². The molecule has 0 radical (unpaired) electrons. The van der Waals surface area contributed by atoms with E-state index in [0.717, 1.165) is 16.1 Å². The van der Waals surface area contributed by atoms with Crippen LogP contribution in [0.4, 0.5) is 10.1 Å². The summed E-state index contributed by atoms with van der Waals surface area (Å²) >= 11 is 3.35. The fraction of sp³-hybridized carbons (Fsp3) is 0.0909. The van der Waals surface area contributed by atoms with Crippen molar-refractivity contribution >= 4 is 33.5 Å². The smallest absolute Gasteiger partial charge is 0.340 e. The number of esters is 1. The number of methoxy groups -OCH3 is 1. The first kappa shape index (κ1) is 19.8. The molecule has 0 saturated heterocycles. The first-order chi connectivity index (χ1) is 13.4. The zero-order valence-corrected chi connectivity index (χ0v) is 16.8. The van der Waals surface area contributed by atoms with Crippen LogP contribution in [0.2, 0.25) is 0 Å². The summed E-state index contributed by atoms with van der Waals surface area (Å²) in [6, 6.07) is 16.7. The molecule has 4 nitrogen and oxygen atoms in total. The Morgan fingerprint density at radius 3 is 2.39 bits per heavy atom. The minimum Gasteiger partial charge on any atom is -0.465 e. The minimum absolute atomic E-state index is 0.0549. The Hall–Kier alpha value is -2.99. The van der Waals surface area contributed by atoms with Crippen LogP contribution in [0, 0.1) is 12.7 Å². The normalized spacial score (nSPS) is 10.4. The Labute approximate surface area is 170 Å². The molecule has 0 aliphatic carbocycles. The standard InChI is InChI=1S/C22H17BrFNO3/c1-13-8-9-15(23)10-16(13)21(26)25-20-12-17(14-6-4-3-5-7-14)19(24)11-18(20)22(27)28-2/h3-12H,1-2H3,(H,25,26). The number of carbonyl (C=O) groups is 2. The van der Waals surface area contributed by atoms with Crippen LogP contribution >= 0.6 is 15.9 Å². The van der Waals surface area contributed by atoms with Crippen molar-refractivity contribution < 1.29 is 18.7 Å². The number of hydrogen-bond acceptors (Lipinski definition) is 3. The fourth-order valence-corrected chi connectivity index (χ4v) is 3.18. The lowest BCUT2D eigenvalue weighted by atomic mass is 10.0. The van der Waals surface area contributed by atoms with Gasteiger partial charge in [-0.05, 0) is 42.3 Å². The van der Waals surface area contributed by atoms with Gasteiger partial charge >= 0.3 is 5.97 Å². The summed E-state index contributed by atoms with van der Waals surface area (Å²) in [6.07, 6.45) is 0. The molecule has 0 atom stereocenters. The Morgan fingerprint density at radius 1 is 1.00 bits per heavy atom. The highest BCUT2D eigenvalue weighted by atomic mass is 79.9. The molecule has 142 valence electrons. The van der Waals surface area contributed by atoms with E-state index < -0.39 is 17.7 Å². The van der Waals surface area contributed by atoms with Crippen molar-refractivity contribution in [2.24, 2.45) is 0 Å². The Balaban J connectivity index is 2.08. The van der Waals surface area contributed by atoms with Crippen LogP contribution in [0.25, 0.3) is 11.1 Å². The highest BCUT2D eigenvalue weighted by Gasteiger charge is 2.20. The van der Waals surface area contributed by atoms with Gasteiger partial charge in [0.25, 0.3) is 5.91 Å². The summed E-state index contributed by atoms with van der Waals surface area (Å²) in [5, 5.41) is 2.72. The number of anilines is 1. The first-order valence-corrected chi connectivity index (χ1v) is 9.25. The average Bonchev–Trinajstić information content (AvgIpc) is 2.70. The maximum absolute atomic E-state index is 14.7. The average molecular weight is 442 g/mol. The van der Waals surface area contributed by atoms with E-state index in [2.05, 4.69) is 21.2 Å². The molecule has 0 saturated carbocycles. The van der Waals surface area contributed by atoms with Crippen LogP contribution in [0.5, 0.6) is 0 Å². The molecule has 6 heteroatoms. The van der Waals surface area contributed by atoms with Gasteiger partial charge < -0.3 is 10.1 Å². The largest absolute Gasteiger partial charge is 0.465 e. The van der Waals surface area contributed by atoms with Gasteiger partial charge in [0.1, 0.15) is 5.82 Å². The van der Waals surface area contributed by atoms with E-state index in [1.54, 1.807) is 36.4 Å². The summed E-state index contributed by atoms with van der Waals surface area (Å²) < 4.78 is 20.2. The third kappa shape index (κ3) is 4.12. The molecule has 0 fully saturated rings. The minimum atomic E-state index is -0.736. The number of rotatable bonds is 4. The molecule has 0 spiro atoms. The number of hydrogen-bond donors (Lipinski definition) is 1. The molecular weight excluding hydrogens is 425 g/mol. The zero-order chi connectivity index (χ0) is 20.3. The van der Waals surface area contributed by atoms with E-state index in [0.29, 0.717) is 11.1 Å². The van der Waals surface area contributed by atoms with Crippen molar-refractivity contribution in [2.45, 2.75) is 6.92 Å². The molecule has 0 aliphatic rings. The maximum atomic E-state index is 14.7. The summed E-state index contributed by atoms with van der Waals surface area (Å²) in [5.74, 6) is -1.72. The molecule has 0 bridgehead atoms. The van der Waals surface area contributed by atoms with Gasteiger partial charge in [-0.15, -0.1) is 0 Å². The van der Waals surface area contributed by atoms with Crippen molar-refractivity contribution in [3.05, 3.63) is 87.6 Å². The van der Waals surface area contributed by atoms with Gasteiger partial charge in [-0.1, -0.05) is 52.3 Å². The number of amides is 1. The van der Waals surface area contributed by atoms with Gasteiger partial charge in [0, 0.05) is 15.6 Å². The number of carbonyl (C=O) groups excluding carboxylic acids is 2. The highest BCUT2D eigenvalue weighted by molar-refractivity contribution is 9.10. The van der Waals surface area contributed by atoms with Gasteiger partial charge in [0.05, 0.1) is 18.4 Å². The van der Waals surface area contributed by atoms with Gasteiger partial charge in [-0.3, -0.25) is 4.79 Å². The van der Waals surface area contributed by atoms with Crippen LogP contribution in [0.15, 0.2) is 65.1 Å². The molecule has 1 N–H and O–H groups in total. The fourth-order valence-electron chi connectivity index (χ4n) is 2.82. The number of nitrogens with one attached hydrogen (secondary N) is 1. The van der Waals surface area contributed by atoms with Crippen molar-refractivity contribution in [3.8, 4) is 11.1 Å². The van der Waals surface area contributed by atoms with E-state index >= 15 is 0 Å². The Bertz CT molecular complexity index is 1050. The topological polar surface area (TPSA) is 55.4 Å². The Morgan fingerprint density at radius 2 is 1.71 bits per heavy atom. The summed E-state index contributed by atoms with van der Waals surface area (Å²) in [4.78, 5) is 24.9. The van der Waals surface area contributed by atoms with E-state index in [9.17, 15) is 14.0 Å². The molecule has 0 heterocycles. The first-order valence-electron chi connectivity index (χ1n) is 8.45. The van der Waals surface area contributed by atoms with E-state index in [4.69, 9.17) is 4.74 Å². The molecule has 0 aromatic heterocycles. The second-order valence-electron chi connectivity index (χ2n) is 6.15. The van der Waals surface area contributed by atoms with Crippen LogP contribution in [0.3, 0.4) is 0 Å². The molecular formula is C22H17BrFNO3. The predicted octanol–water partition coefficient (Wildman–Crippen LogP) is 5.60. The third-order valence-electron chi connectivity index (χ3n) is 4.29. The maximum Gasteiger partial charge on any atom is 0.340 e. The lowest BCUT2D eigenvalue weighted by Crippen LogP contribution is -2.17. The van der Waals surface area contributed by atoms with E-state index in [-0.39, 0.29) is 16.8 Å². The summed E-state index contributed by atoms with van der Waals surface area (Å²) in [7, 11) is 1.20.